The number of benzene rings is 2. The Bertz CT molecular complexity index is 1140. The van der Waals surface area contributed by atoms with Gasteiger partial charge >= 0.3 is 5.97 Å². The standard InChI is InChI=1S/C19H16N4O4/c24-18(25)11-23-10-13(21-22-23)7-8-20-19(26)17-9-15-14-4-2-1-3-12(14)5-6-16(15)27-17/h1-6,9-10H,7-8,11H2,(H,20,26)(H,24,25). The van der Waals surface area contributed by atoms with Crippen molar-refractivity contribution in [1.82, 2.24) is 20.3 Å². The number of furan rings is 1. The van der Waals surface area contributed by atoms with Crippen molar-refractivity contribution in [2.24, 2.45) is 0 Å². The van der Waals surface area contributed by atoms with Gasteiger partial charge in [-0.15, -0.1) is 5.10 Å². The van der Waals surface area contributed by atoms with E-state index in [1.165, 1.54) is 4.68 Å². The van der Waals surface area contributed by atoms with E-state index < -0.39 is 5.97 Å². The molecule has 27 heavy (non-hydrogen) atoms. The molecule has 1 amide bonds. The first-order chi connectivity index (χ1) is 13.1. The SMILES string of the molecule is O=C(O)Cn1cc(CCNC(=O)c2cc3c(ccc4ccccc43)o2)nn1. The Kier molecular flexibility index (Phi) is 4.29. The smallest absolute Gasteiger partial charge is 0.325 e. The van der Waals surface area contributed by atoms with E-state index in [9.17, 15) is 9.59 Å². The summed E-state index contributed by atoms with van der Waals surface area (Å²) in [5, 5.41) is 22.1. The molecule has 0 aliphatic heterocycles. The number of hydrogen-bond acceptors (Lipinski definition) is 5. The Morgan fingerprint density at radius 2 is 2.00 bits per heavy atom. The van der Waals surface area contributed by atoms with E-state index in [0.717, 1.165) is 16.2 Å². The highest BCUT2D eigenvalue weighted by Crippen LogP contribution is 2.28. The van der Waals surface area contributed by atoms with Gasteiger partial charge in [-0.3, -0.25) is 9.59 Å². The second-order valence-electron chi connectivity index (χ2n) is 6.12. The van der Waals surface area contributed by atoms with Gasteiger partial charge in [0.2, 0.25) is 0 Å². The summed E-state index contributed by atoms with van der Waals surface area (Å²) in [6.45, 7) is 0.0920. The van der Waals surface area contributed by atoms with Gasteiger partial charge in [0, 0.05) is 24.5 Å². The van der Waals surface area contributed by atoms with Gasteiger partial charge in [-0.2, -0.15) is 0 Å². The number of carbonyl (C=O) groups is 2. The number of fused-ring (bicyclic) bond motifs is 3. The zero-order chi connectivity index (χ0) is 18.8. The van der Waals surface area contributed by atoms with Gasteiger partial charge in [-0.25, -0.2) is 4.68 Å². The zero-order valence-corrected chi connectivity index (χ0v) is 14.3. The number of aromatic nitrogens is 3. The topological polar surface area (TPSA) is 110 Å². The second-order valence-corrected chi connectivity index (χ2v) is 6.12. The summed E-state index contributed by atoms with van der Waals surface area (Å²) in [7, 11) is 0. The lowest BCUT2D eigenvalue weighted by Gasteiger charge is -2.00. The Morgan fingerprint density at radius 1 is 1.15 bits per heavy atom. The van der Waals surface area contributed by atoms with Crippen LogP contribution in [-0.4, -0.2) is 38.5 Å². The van der Waals surface area contributed by atoms with Crippen LogP contribution in [0.3, 0.4) is 0 Å². The minimum absolute atomic E-state index is 0.244. The first kappa shape index (κ1) is 16.8. The third-order valence-electron chi connectivity index (χ3n) is 4.20. The first-order valence-electron chi connectivity index (χ1n) is 8.40. The molecular weight excluding hydrogens is 348 g/mol. The fraction of sp³-hybridized carbons (Fsp3) is 0.158. The van der Waals surface area contributed by atoms with Crippen LogP contribution < -0.4 is 5.32 Å². The Hall–Kier alpha value is -3.68. The Balaban J connectivity index is 1.43. The monoisotopic (exact) mass is 364 g/mol. The largest absolute Gasteiger partial charge is 0.480 e. The number of nitrogens with one attached hydrogen (secondary N) is 1. The number of carboxylic acids is 1. The van der Waals surface area contributed by atoms with E-state index in [0.29, 0.717) is 24.2 Å². The van der Waals surface area contributed by atoms with Gasteiger partial charge in [-0.05, 0) is 22.9 Å². The molecule has 2 aromatic carbocycles. The van der Waals surface area contributed by atoms with Gasteiger partial charge in [0.05, 0.1) is 5.69 Å². The maximum atomic E-state index is 12.4. The molecule has 0 atom stereocenters. The van der Waals surface area contributed by atoms with E-state index in [4.69, 9.17) is 9.52 Å². The van der Waals surface area contributed by atoms with Crippen molar-refractivity contribution in [3.63, 3.8) is 0 Å². The van der Waals surface area contributed by atoms with E-state index >= 15 is 0 Å². The number of nitrogens with zero attached hydrogens (tertiary/aromatic N) is 3. The molecule has 0 unspecified atom stereocenters. The van der Waals surface area contributed by atoms with Gasteiger partial charge < -0.3 is 14.8 Å². The summed E-state index contributed by atoms with van der Waals surface area (Å²) in [6, 6.07) is 13.5. The van der Waals surface area contributed by atoms with Crippen LogP contribution in [0.25, 0.3) is 21.7 Å². The zero-order valence-electron chi connectivity index (χ0n) is 14.3. The summed E-state index contributed by atoms with van der Waals surface area (Å²) in [5.41, 5.74) is 1.27. The highest BCUT2D eigenvalue weighted by molar-refractivity contribution is 6.08. The number of carbonyl (C=O) groups excluding carboxylic acids is 1. The molecular formula is C19H16N4O4. The molecule has 4 rings (SSSR count). The molecule has 136 valence electrons. The maximum absolute atomic E-state index is 12.4. The van der Waals surface area contributed by atoms with Crippen molar-refractivity contribution in [3.05, 3.63) is 60.1 Å². The molecule has 0 aliphatic carbocycles. The average molecular weight is 364 g/mol. The fourth-order valence-corrected chi connectivity index (χ4v) is 2.96. The third kappa shape index (κ3) is 3.50. The molecule has 0 saturated carbocycles. The van der Waals surface area contributed by atoms with Crippen LogP contribution in [0.2, 0.25) is 0 Å². The van der Waals surface area contributed by atoms with Crippen molar-refractivity contribution in [2.45, 2.75) is 13.0 Å². The van der Waals surface area contributed by atoms with Crippen molar-refractivity contribution < 1.29 is 19.1 Å². The molecule has 8 nitrogen and oxygen atoms in total. The fourth-order valence-electron chi connectivity index (χ4n) is 2.96. The highest BCUT2D eigenvalue weighted by atomic mass is 16.4. The lowest BCUT2D eigenvalue weighted by Crippen LogP contribution is -2.25. The number of hydrogen-bond donors (Lipinski definition) is 2. The Labute approximate surface area is 153 Å². The summed E-state index contributed by atoms with van der Waals surface area (Å²) < 4.78 is 6.92. The highest BCUT2D eigenvalue weighted by Gasteiger charge is 2.14. The van der Waals surface area contributed by atoms with Crippen LogP contribution in [0, 0.1) is 0 Å². The molecule has 0 aliphatic rings. The number of amides is 1. The predicted octanol–water partition coefficient (Wildman–Crippen LogP) is 2.23. The van der Waals surface area contributed by atoms with Crippen molar-refractivity contribution >= 4 is 33.6 Å². The van der Waals surface area contributed by atoms with Crippen molar-refractivity contribution in [2.75, 3.05) is 6.54 Å². The van der Waals surface area contributed by atoms with Gasteiger partial charge in [-0.1, -0.05) is 35.5 Å². The summed E-state index contributed by atoms with van der Waals surface area (Å²) in [4.78, 5) is 23.0. The van der Waals surface area contributed by atoms with Crippen LogP contribution in [-0.2, 0) is 17.8 Å². The molecule has 4 aromatic rings. The summed E-state index contributed by atoms with van der Waals surface area (Å²) in [5.74, 6) is -1.05. The number of rotatable bonds is 6. The first-order valence-corrected chi connectivity index (χ1v) is 8.40. The van der Waals surface area contributed by atoms with Crippen LogP contribution in [0.15, 0.2) is 53.1 Å². The average Bonchev–Trinajstić information content (AvgIpc) is 3.28. The van der Waals surface area contributed by atoms with Crippen molar-refractivity contribution in [3.8, 4) is 0 Å². The molecule has 0 bridgehead atoms. The van der Waals surface area contributed by atoms with Crippen LogP contribution in [0.5, 0.6) is 0 Å². The molecule has 2 aromatic heterocycles. The number of carboxylic acid groups (broad SMARTS) is 1. The minimum Gasteiger partial charge on any atom is -0.480 e. The second kappa shape index (κ2) is 6.91. The summed E-state index contributed by atoms with van der Waals surface area (Å²) in [6.07, 6.45) is 1.99. The molecule has 0 saturated heterocycles. The quantitative estimate of drug-likeness (QED) is 0.543. The maximum Gasteiger partial charge on any atom is 0.325 e. The molecule has 2 heterocycles. The minimum atomic E-state index is -0.989. The van der Waals surface area contributed by atoms with Gasteiger partial charge in [0.25, 0.3) is 5.91 Å². The normalized spacial score (nSPS) is 11.1. The van der Waals surface area contributed by atoms with Crippen LogP contribution in [0.4, 0.5) is 0 Å². The molecule has 0 fully saturated rings. The van der Waals surface area contributed by atoms with Crippen molar-refractivity contribution in [1.29, 1.82) is 0 Å². The molecule has 8 heteroatoms. The van der Waals surface area contributed by atoms with E-state index in [1.54, 1.807) is 12.3 Å². The number of aliphatic carboxylic acids is 1. The lowest BCUT2D eigenvalue weighted by atomic mass is 10.1. The summed E-state index contributed by atoms with van der Waals surface area (Å²) >= 11 is 0. The van der Waals surface area contributed by atoms with Gasteiger partial charge in [0.15, 0.2) is 5.76 Å². The van der Waals surface area contributed by atoms with Crippen LogP contribution >= 0.6 is 0 Å². The molecule has 2 N–H and O–H groups in total. The Morgan fingerprint density at radius 3 is 2.85 bits per heavy atom. The van der Waals surface area contributed by atoms with E-state index in [1.807, 2.05) is 36.4 Å². The van der Waals surface area contributed by atoms with Gasteiger partial charge in [0.1, 0.15) is 12.1 Å². The third-order valence-corrected chi connectivity index (χ3v) is 4.20. The van der Waals surface area contributed by atoms with E-state index in [-0.39, 0.29) is 18.2 Å². The molecule has 0 radical (unpaired) electrons. The predicted molar refractivity (Wildman–Crippen MR) is 97.4 cm³/mol. The molecule has 0 spiro atoms. The van der Waals surface area contributed by atoms with Crippen LogP contribution in [0.1, 0.15) is 16.2 Å². The lowest BCUT2D eigenvalue weighted by molar-refractivity contribution is -0.137. The van der Waals surface area contributed by atoms with E-state index in [2.05, 4.69) is 15.6 Å².